The number of alkyl halides is 5. The molecule has 0 saturated carbocycles. The van der Waals surface area contributed by atoms with Gasteiger partial charge in [-0.25, -0.2) is 4.98 Å². The van der Waals surface area contributed by atoms with E-state index in [9.17, 15) is 26.7 Å². The molecule has 2 rings (SSSR count). The Labute approximate surface area is 155 Å². The molecule has 11 heteroatoms. The van der Waals surface area contributed by atoms with Gasteiger partial charge in [0.1, 0.15) is 12.4 Å². The van der Waals surface area contributed by atoms with Gasteiger partial charge in [0, 0.05) is 10.4 Å². The third-order valence-corrected chi connectivity index (χ3v) is 4.02. The van der Waals surface area contributed by atoms with Gasteiger partial charge in [0.05, 0.1) is 18.7 Å². The highest BCUT2D eigenvalue weighted by Crippen LogP contribution is 2.31. The molecule has 5 nitrogen and oxygen atoms in total. The molecule has 0 saturated heterocycles. The van der Waals surface area contributed by atoms with Crippen molar-refractivity contribution in [1.29, 1.82) is 0 Å². The van der Waals surface area contributed by atoms with Gasteiger partial charge in [0.15, 0.2) is 5.13 Å². The topological polar surface area (TPSA) is 60.5 Å². The van der Waals surface area contributed by atoms with Crippen molar-refractivity contribution in [2.45, 2.75) is 26.1 Å². The van der Waals surface area contributed by atoms with E-state index in [4.69, 9.17) is 0 Å². The van der Waals surface area contributed by atoms with Crippen LogP contribution in [0.25, 0.3) is 11.3 Å². The Morgan fingerprint density at radius 2 is 1.93 bits per heavy atom. The normalized spacial score (nSPS) is 11.7. The van der Waals surface area contributed by atoms with Crippen LogP contribution < -0.4 is 10.1 Å². The molecule has 0 radical (unpaired) electrons. The first-order valence-corrected chi connectivity index (χ1v) is 8.43. The number of hydrogen-bond donors (Lipinski definition) is 1. The molecule has 1 aromatic carbocycles. The fourth-order valence-electron chi connectivity index (χ4n) is 2.05. The van der Waals surface area contributed by atoms with Crippen molar-refractivity contribution in [3.8, 4) is 17.0 Å². The Morgan fingerprint density at radius 1 is 1.26 bits per heavy atom. The van der Waals surface area contributed by atoms with Gasteiger partial charge in [0.25, 0.3) is 0 Å². The van der Waals surface area contributed by atoms with Crippen molar-refractivity contribution < 1.29 is 36.2 Å². The molecule has 0 aliphatic heterocycles. The molecule has 1 amide bonds. The van der Waals surface area contributed by atoms with Gasteiger partial charge >= 0.3 is 12.8 Å². The third kappa shape index (κ3) is 7.10. The first-order valence-electron chi connectivity index (χ1n) is 7.61. The van der Waals surface area contributed by atoms with Crippen LogP contribution in [0.15, 0.2) is 24.3 Å². The standard InChI is InChI=1S/C16H15F5N2O3S/c1-9-13(10-2-4-11(5-3-10)26-14(17)18)23-15(27-9)22-12(24)6-7-25-8-16(19,20)21/h2-5,14H,6-8H2,1H3,(H,22,23,24). The van der Waals surface area contributed by atoms with Gasteiger partial charge in [-0.05, 0) is 31.2 Å². The minimum atomic E-state index is -4.44. The third-order valence-electron chi connectivity index (χ3n) is 3.14. The first-order chi connectivity index (χ1) is 12.6. The van der Waals surface area contributed by atoms with Crippen molar-refractivity contribution in [2.24, 2.45) is 0 Å². The van der Waals surface area contributed by atoms with E-state index in [0.717, 1.165) is 4.88 Å². The Morgan fingerprint density at radius 3 is 2.52 bits per heavy atom. The summed E-state index contributed by atoms with van der Waals surface area (Å²) in [6, 6.07) is 5.85. The number of amides is 1. The van der Waals surface area contributed by atoms with E-state index in [1.54, 1.807) is 19.1 Å². The maximum Gasteiger partial charge on any atom is 0.411 e. The zero-order chi connectivity index (χ0) is 20.0. The summed E-state index contributed by atoms with van der Waals surface area (Å²) in [6.45, 7) is -2.93. The van der Waals surface area contributed by atoms with Crippen molar-refractivity contribution in [3.05, 3.63) is 29.1 Å². The summed E-state index contributed by atoms with van der Waals surface area (Å²) >= 11 is 1.18. The van der Waals surface area contributed by atoms with E-state index < -0.39 is 25.3 Å². The van der Waals surface area contributed by atoms with Gasteiger partial charge in [-0.3, -0.25) is 4.79 Å². The molecule has 0 spiro atoms. The Kier molecular flexibility index (Phi) is 7.08. The molecule has 0 aliphatic carbocycles. The zero-order valence-electron chi connectivity index (χ0n) is 14.0. The summed E-state index contributed by atoms with van der Waals surface area (Å²) in [7, 11) is 0. The van der Waals surface area contributed by atoms with Crippen LogP contribution in [0.2, 0.25) is 0 Å². The zero-order valence-corrected chi connectivity index (χ0v) is 14.8. The number of halogens is 5. The molecular formula is C16H15F5N2O3S. The van der Waals surface area contributed by atoms with E-state index in [1.807, 2.05) is 0 Å². The van der Waals surface area contributed by atoms with Crippen LogP contribution in [-0.2, 0) is 9.53 Å². The molecular weight excluding hydrogens is 395 g/mol. The second-order valence-corrected chi connectivity index (χ2v) is 6.50. The fourth-order valence-corrected chi connectivity index (χ4v) is 2.90. The lowest BCUT2D eigenvalue weighted by Gasteiger charge is -2.07. The number of nitrogens with one attached hydrogen (secondary N) is 1. The van der Waals surface area contributed by atoms with Gasteiger partial charge in [-0.1, -0.05) is 0 Å². The summed E-state index contributed by atoms with van der Waals surface area (Å²) in [4.78, 5) is 16.8. The predicted molar refractivity (Wildman–Crippen MR) is 89.0 cm³/mol. The second kappa shape index (κ2) is 9.09. The molecule has 0 fully saturated rings. The van der Waals surface area contributed by atoms with Crippen molar-refractivity contribution in [2.75, 3.05) is 18.5 Å². The number of carbonyl (C=O) groups excluding carboxylic acids is 1. The molecule has 0 atom stereocenters. The SMILES string of the molecule is Cc1sc(NC(=O)CCOCC(F)(F)F)nc1-c1ccc(OC(F)F)cc1. The van der Waals surface area contributed by atoms with Crippen LogP contribution in [0.5, 0.6) is 5.75 Å². The number of rotatable bonds is 8. The lowest BCUT2D eigenvalue weighted by Crippen LogP contribution is -2.20. The smallest absolute Gasteiger partial charge is 0.411 e. The van der Waals surface area contributed by atoms with Gasteiger partial charge in [-0.15, -0.1) is 11.3 Å². The summed E-state index contributed by atoms with van der Waals surface area (Å²) in [5.74, 6) is -0.521. The number of hydrogen-bond acceptors (Lipinski definition) is 5. The molecule has 0 unspecified atom stereocenters. The van der Waals surface area contributed by atoms with Crippen LogP contribution in [0, 0.1) is 6.92 Å². The molecule has 1 aromatic heterocycles. The van der Waals surface area contributed by atoms with Gasteiger partial charge < -0.3 is 14.8 Å². The summed E-state index contributed by atoms with van der Waals surface area (Å²) in [5.41, 5.74) is 1.19. The van der Waals surface area contributed by atoms with E-state index in [-0.39, 0.29) is 23.9 Å². The van der Waals surface area contributed by atoms with Crippen LogP contribution >= 0.6 is 11.3 Å². The average molecular weight is 410 g/mol. The number of carbonyl (C=O) groups is 1. The van der Waals surface area contributed by atoms with E-state index >= 15 is 0 Å². The first kappa shape index (κ1) is 21.0. The molecule has 0 aliphatic rings. The summed E-state index contributed by atoms with van der Waals surface area (Å²) < 4.78 is 68.8. The fraction of sp³-hybridized carbons (Fsp3) is 0.375. The largest absolute Gasteiger partial charge is 0.435 e. The van der Waals surface area contributed by atoms with Crippen molar-refractivity contribution in [1.82, 2.24) is 4.98 Å². The highest BCUT2D eigenvalue weighted by Gasteiger charge is 2.27. The van der Waals surface area contributed by atoms with E-state index in [2.05, 4.69) is 19.8 Å². The minimum absolute atomic E-state index is 0.00835. The maximum absolute atomic E-state index is 12.2. The molecule has 0 bridgehead atoms. The van der Waals surface area contributed by atoms with Gasteiger partial charge in [-0.2, -0.15) is 22.0 Å². The Balaban J connectivity index is 1.92. The van der Waals surface area contributed by atoms with Crippen molar-refractivity contribution >= 4 is 22.4 Å². The number of anilines is 1. The number of ether oxygens (including phenoxy) is 2. The molecule has 1 N–H and O–H groups in total. The van der Waals surface area contributed by atoms with Crippen LogP contribution in [0.4, 0.5) is 27.1 Å². The lowest BCUT2D eigenvalue weighted by molar-refractivity contribution is -0.174. The number of aromatic nitrogens is 1. The quantitative estimate of drug-likeness (QED) is 0.509. The Hall–Kier alpha value is -2.27. The van der Waals surface area contributed by atoms with E-state index in [0.29, 0.717) is 11.3 Å². The highest BCUT2D eigenvalue weighted by molar-refractivity contribution is 7.16. The average Bonchev–Trinajstić information content (AvgIpc) is 2.91. The van der Waals surface area contributed by atoms with E-state index in [1.165, 1.54) is 23.5 Å². The predicted octanol–water partition coefficient (Wildman–Crippen LogP) is 4.63. The maximum atomic E-state index is 12.2. The van der Waals surface area contributed by atoms with Gasteiger partial charge in [0.2, 0.25) is 5.91 Å². The number of aryl methyl sites for hydroxylation is 1. The number of thiazole rings is 1. The number of nitrogens with zero attached hydrogens (tertiary/aromatic N) is 1. The number of benzene rings is 1. The highest BCUT2D eigenvalue weighted by atomic mass is 32.1. The minimum Gasteiger partial charge on any atom is -0.435 e. The van der Waals surface area contributed by atoms with Crippen molar-refractivity contribution in [3.63, 3.8) is 0 Å². The summed E-state index contributed by atoms with van der Waals surface area (Å²) in [5, 5.41) is 2.77. The van der Waals surface area contributed by atoms with Crippen LogP contribution in [0.3, 0.4) is 0 Å². The monoisotopic (exact) mass is 410 g/mol. The van der Waals surface area contributed by atoms with Crippen LogP contribution in [0.1, 0.15) is 11.3 Å². The second-order valence-electron chi connectivity index (χ2n) is 5.29. The lowest BCUT2D eigenvalue weighted by atomic mass is 10.1. The molecule has 148 valence electrons. The molecule has 2 aromatic rings. The molecule has 1 heterocycles. The van der Waals surface area contributed by atoms with Crippen LogP contribution in [-0.4, -0.2) is 36.9 Å². The Bertz CT molecular complexity index is 762. The summed E-state index contributed by atoms with van der Waals surface area (Å²) in [6.07, 6.45) is -4.68. The molecule has 27 heavy (non-hydrogen) atoms.